The van der Waals surface area contributed by atoms with Gasteiger partial charge in [-0.2, -0.15) is 0 Å². The van der Waals surface area contributed by atoms with Gasteiger partial charge in [0.05, 0.1) is 15.9 Å². The van der Waals surface area contributed by atoms with E-state index in [9.17, 15) is 0 Å². The summed E-state index contributed by atoms with van der Waals surface area (Å²) in [5, 5.41) is 3.01. The van der Waals surface area contributed by atoms with E-state index in [0.29, 0.717) is 11.9 Å². The molecule has 0 spiro atoms. The monoisotopic (exact) mass is 442 g/mol. The van der Waals surface area contributed by atoms with Crippen LogP contribution in [0.3, 0.4) is 0 Å². The van der Waals surface area contributed by atoms with Gasteiger partial charge in [0.15, 0.2) is 5.50 Å². The average molecular weight is 443 g/mol. The number of benzene rings is 1. The van der Waals surface area contributed by atoms with E-state index in [1.165, 1.54) is 11.3 Å². The van der Waals surface area contributed by atoms with Crippen molar-refractivity contribution in [2.75, 3.05) is 11.9 Å². The lowest BCUT2D eigenvalue weighted by Crippen LogP contribution is -2.36. The number of nitrogens with zero attached hydrogens (tertiary/aromatic N) is 2. The molecule has 2 unspecified atom stereocenters. The number of fused-ring (bicyclic) bond motifs is 2. The summed E-state index contributed by atoms with van der Waals surface area (Å²) in [5.74, 6) is 1.43. The van der Waals surface area contributed by atoms with Gasteiger partial charge in [0.1, 0.15) is 5.76 Å². The maximum absolute atomic E-state index is 6.50. The zero-order valence-corrected chi connectivity index (χ0v) is 19.6. The fourth-order valence-corrected chi connectivity index (χ4v) is 7.88. The Kier molecular flexibility index (Phi) is 4.16. The number of furan rings is 1. The normalized spacial score (nSPS) is 24.7. The largest absolute Gasteiger partial charge is 0.457 e. The van der Waals surface area contributed by atoms with Gasteiger partial charge in [0, 0.05) is 24.2 Å². The number of anilines is 1. The van der Waals surface area contributed by atoms with Gasteiger partial charge in [0.2, 0.25) is 12.2 Å². The van der Waals surface area contributed by atoms with Gasteiger partial charge >= 0.3 is 0 Å². The first-order valence-corrected chi connectivity index (χ1v) is 13.2. The van der Waals surface area contributed by atoms with Gasteiger partial charge in [-0.3, -0.25) is 0 Å². The van der Waals surface area contributed by atoms with Crippen LogP contribution in [0.25, 0.3) is 0 Å². The molecular weight excluding hydrogens is 419 g/mol. The van der Waals surface area contributed by atoms with E-state index in [4.69, 9.17) is 25.7 Å². The number of hydrogen-bond acceptors (Lipinski definition) is 6. The highest BCUT2D eigenvalue weighted by Crippen LogP contribution is 2.55. The molecule has 2 aromatic heterocycles. The average Bonchev–Trinajstić information content (AvgIpc) is 3.40. The molecule has 0 aliphatic carbocycles. The summed E-state index contributed by atoms with van der Waals surface area (Å²) in [6.07, 6.45) is -2.64. The van der Waals surface area contributed by atoms with E-state index in [0.717, 1.165) is 27.1 Å². The van der Waals surface area contributed by atoms with Gasteiger partial charge < -0.3 is 13.8 Å². The smallest absolute Gasteiger partial charge is 0.235 e. The van der Waals surface area contributed by atoms with E-state index in [-0.39, 0.29) is 5.41 Å². The van der Waals surface area contributed by atoms with Crippen LogP contribution in [0, 0.1) is 6.92 Å². The zero-order valence-electron chi connectivity index (χ0n) is 17.1. The summed E-state index contributed by atoms with van der Waals surface area (Å²) < 4.78 is 12.5. The van der Waals surface area contributed by atoms with Crippen LogP contribution in [0.15, 0.2) is 51.2 Å². The van der Waals surface area contributed by atoms with Crippen LogP contribution in [-0.4, -0.2) is 19.0 Å². The third kappa shape index (κ3) is 2.69. The van der Waals surface area contributed by atoms with Crippen LogP contribution in [0.5, 0.6) is 0 Å². The molecule has 29 heavy (non-hydrogen) atoms. The molecule has 2 aliphatic heterocycles. The quantitative estimate of drug-likeness (QED) is 0.510. The van der Waals surface area contributed by atoms with E-state index < -0.39 is 6.26 Å². The lowest BCUT2D eigenvalue weighted by molar-refractivity contribution is 0.454. The number of hydrogen-bond donors (Lipinski definition) is 0. The molecule has 2 atom stereocenters. The molecule has 0 amide bonds. The Morgan fingerprint density at radius 2 is 2.03 bits per heavy atom. The van der Waals surface area contributed by atoms with Crippen molar-refractivity contribution in [3.8, 4) is 0 Å². The van der Waals surface area contributed by atoms with Crippen LogP contribution >= 0.6 is 17.6 Å². The first-order chi connectivity index (χ1) is 13.7. The Balaban J connectivity index is 1.79. The van der Waals surface area contributed by atoms with Gasteiger partial charge in [-0.05, 0) is 66.9 Å². The minimum Gasteiger partial charge on any atom is -0.457 e. The molecular formula is C22H23N2O2PS2. The van der Waals surface area contributed by atoms with Crippen molar-refractivity contribution in [1.29, 1.82) is 0 Å². The molecule has 0 bridgehead atoms. The van der Waals surface area contributed by atoms with Gasteiger partial charge in [-0.1, -0.05) is 19.9 Å². The van der Waals surface area contributed by atoms with Gasteiger partial charge in [0.25, 0.3) is 0 Å². The standard InChI is InChI=1S/C22H23N2O2PS2/c1-13-8-9-20(25-13)27(28)18-11-15-17(24(5)14(2)22(15,3)4)12-16(18)23-21(26-27)19-7-6-10-29-19/h6-12,14H,1-5H3. The van der Waals surface area contributed by atoms with Crippen molar-refractivity contribution < 1.29 is 8.94 Å². The minimum absolute atomic E-state index is 0.0100. The SMILES string of the molecule is Cc1ccc(P2(=S)OC(c3cccs3)=Nc3cc4c(cc32)C(C)(C)C(C)N4C)o1. The maximum Gasteiger partial charge on any atom is 0.235 e. The number of thiophene rings is 1. The summed E-state index contributed by atoms with van der Waals surface area (Å²) in [4.78, 5) is 8.22. The molecule has 150 valence electrons. The molecule has 0 saturated carbocycles. The Hall–Kier alpha value is -1.88. The Labute approximate surface area is 180 Å². The van der Waals surface area contributed by atoms with Crippen molar-refractivity contribution in [1.82, 2.24) is 0 Å². The molecule has 4 heterocycles. The fraction of sp³-hybridized carbons (Fsp3) is 0.318. The van der Waals surface area contributed by atoms with Crippen molar-refractivity contribution in [3.05, 3.63) is 58.0 Å². The van der Waals surface area contributed by atoms with E-state index in [2.05, 4.69) is 44.9 Å². The summed E-state index contributed by atoms with van der Waals surface area (Å²) in [6.45, 7) is 8.78. The van der Waals surface area contributed by atoms with E-state index in [1.54, 1.807) is 11.3 Å². The molecule has 1 aromatic carbocycles. The van der Waals surface area contributed by atoms with Crippen molar-refractivity contribution in [2.24, 2.45) is 4.99 Å². The predicted octanol–water partition coefficient (Wildman–Crippen LogP) is 5.22. The summed E-state index contributed by atoms with van der Waals surface area (Å²) in [6, 6.07) is 12.7. The van der Waals surface area contributed by atoms with Crippen LogP contribution in [0.1, 0.15) is 37.0 Å². The molecule has 5 rings (SSSR count). The first kappa shape index (κ1) is 19.1. The van der Waals surface area contributed by atoms with Crippen molar-refractivity contribution >= 4 is 57.5 Å². The number of likely N-dealkylation sites (N-methyl/N-ethyl adjacent to an activating group) is 1. The Morgan fingerprint density at radius 1 is 1.24 bits per heavy atom. The highest BCUT2D eigenvalue weighted by Gasteiger charge is 2.44. The van der Waals surface area contributed by atoms with Crippen LogP contribution < -0.4 is 15.7 Å². The summed E-state index contributed by atoms with van der Waals surface area (Å²) in [5.41, 5.74) is 4.15. The molecule has 7 heteroatoms. The maximum atomic E-state index is 6.50. The first-order valence-electron chi connectivity index (χ1n) is 9.63. The highest BCUT2D eigenvalue weighted by molar-refractivity contribution is 8.19. The number of aryl methyl sites for hydroxylation is 1. The lowest BCUT2D eigenvalue weighted by atomic mass is 9.81. The number of rotatable bonds is 2. The van der Waals surface area contributed by atoms with Gasteiger partial charge in [-0.15, -0.1) is 11.3 Å². The summed E-state index contributed by atoms with van der Waals surface area (Å²) in [7, 11) is 2.15. The lowest BCUT2D eigenvalue weighted by Gasteiger charge is -2.29. The van der Waals surface area contributed by atoms with Crippen molar-refractivity contribution in [3.63, 3.8) is 0 Å². The third-order valence-corrected chi connectivity index (χ3v) is 10.7. The molecule has 0 radical (unpaired) electrons. The minimum atomic E-state index is -2.64. The molecule has 2 aliphatic rings. The van der Waals surface area contributed by atoms with Crippen LogP contribution in [0.4, 0.5) is 11.4 Å². The molecule has 0 fully saturated rings. The van der Waals surface area contributed by atoms with E-state index in [1.807, 2.05) is 36.6 Å². The summed E-state index contributed by atoms with van der Waals surface area (Å²) >= 11 is 7.86. The van der Waals surface area contributed by atoms with Gasteiger partial charge in [-0.25, -0.2) is 4.99 Å². The second kappa shape index (κ2) is 6.31. The van der Waals surface area contributed by atoms with Crippen molar-refractivity contribution in [2.45, 2.75) is 39.2 Å². The zero-order chi connectivity index (χ0) is 20.6. The molecule has 4 nitrogen and oxygen atoms in total. The predicted molar refractivity (Wildman–Crippen MR) is 126 cm³/mol. The second-order valence-electron chi connectivity index (χ2n) is 8.29. The van der Waals surface area contributed by atoms with Crippen LogP contribution in [0.2, 0.25) is 0 Å². The fourth-order valence-electron chi connectivity index (χ4n) is 4.16. The molecule has 0 N–H and O–H groups in total. The highest BCUT2D eigenvalue weighted by atomic mass is 32.4. The van der Waals surface area contributed by atoms with E-state index >= 15 is 0 Å². The molecule has 0 saturated heterocycles. The Bertz CT molecular complexity index is 1190. The number of aliphatic imine (C=N–C) groups is 1. The Morgan fingerprint density at radius 3 is 2.69 bits per heavy atom. The molecule has 3 aromatic rings. The van der Waals surface area contributed by atoms with Crippen LogP contribution in [-0.2, 0) is 21.7 Å². The topological polar surface area (TPSA) is 38.0 Å². The second-order valence-corrected chi connectivity index (χ2v) is 13.0. The third-order valence-electron chi connectivity index (χ3n) is 6.29.